The molecule has 0 saturated carbocycles. The minimum Gasteiger partial charge on any atom is -0.205 e. The van der Waals surface area contributed by atoms with Gasteiger partial charge in [0.05, 0.1) is 0 Å². The molecule has 2 heterocycles. The number of hydrogen-bond donors (Lipinski definition) is 0. The molecule has 0 aliphatic carbocycles. The number of nitrogens with zero attached hydrogens (tertiary/aromatic N) is 2. The highest BCUT2D eigenvalue weighted by atomic mass is 15.0. The lowest BCUT2D eigenvalue weighted by atomic mass is 10.1. The van der Waals surface area contributed by atoms with Gasteiger partial charge in [-0.3, -0.25) is 0 Å². The molecule has 0 bridgehead atoms. The molecule has 0 saturated heterocycles. The third-order valence-corrected chi connectivity index (χ3v) is 3.96. The molecule has 2 aromatic heterocycles. The first-order chi connectivity index (χ1) is 9.78. The van der Waals surface area contributed by atoms with Crippen LogP contribution in [0.15, 0.2) is 49.1 Å². The fourth-order valence-electron chi connectivity index (χ4n) is 2.63. The fraction of sp³-hybridized carbons (Fsp3) is 0.444. The second-order valence-corrected chi connectivity index (χ2v) is 5.30. The Hall–Kier alpha value is -1.70. The summed E-state index contributed by atoms with van der Waals surface area (Å²) in [6.07, 6.45) is 12.4. The maximum absolute atomic E-state index is 2.35. The van der Waals surface area contributed by atoms with Crippen molar-refractivity contribution in [1.82, 2.24) is 0 Å². The highest BCUT2D eigenvalue weighted by Crippen LogP contribution is 2.17. The van der Waals surface area contributed by atoms with Gasteiger partial charge in [0.15, 0.2) is 30.8 Å². The number of aryl methyl sites for hydroxylation is 1. The first kappa shape index (κ1) is 14.7. The SMILES string of the molecule is CCCC(CC)[n+]1ccc(-c2cc[n+](CC)cc2)cc1. The zero-order chi connectivity index (χ0) is 14.4. The maximum atomic E-state index is 2.35. The van der Waals surface area contributed by atoms with E-state index in [9.17, 15) is 0 Å². The van der Waals surface area contributed by atoms with Crippen molar-refractivity contribution in [2.75, 3.05) is 0 Å². The van der Waals surface area contributed by atoms with Crippen molar-refractivity contribution in [1.29, 1.82) is 0 Å². The third kappa shape index (κ3) is 3.44. The van der Waals surface area contributed by atoms with Gasteiger partial charge in [-0.05, 0) is 24.5 Å². The van der Waals surface area contributed by atoms with Gasteiger partial charge < -0.3 is 0 Å². The van der Waals surface area contributed by atoms with Crippen LogP contribution in [-0.2, 0) is 6.54 Å². The largest absolute Gasteiger partial charge is 0.205 e. The first-order valence-corrected chi connectivity index (χ1v) is 7.78. The van der Waals surface area contributed by atoms with E-state index in [2.05, 4.69) is 79.0 Å². The van der Waals surface area contributed by atoms with Gasteiger partial charge in [-0.15, -0.1) is 0 Å². The molecule has 0 amide bonds. The first-order valence-electron chi connectivity index (χ1n) is 7.78. The molecule has 20 heavy (non-hydrogen) atoms. The molecule has 0 aliphatic rings. The van der Waals surface area contributed by atoms with Crippen LogP contribution in [0.3, 0.4) is 0 Å². The minimum atomic E-state index is 0.632. The predicted molar refractivity (Wildman–Crippen MR) is 82.2 cm³/mol. The van der Waals surface area contributed by atoms with Crippen molar-refractivity contribution in [3.05, 3.63) is 49.1 Å². The second kappa shape index (κ2) is 7.18. The third-order valence-electron chi connectivity index (χ3n) is 3.96. The molecule has 1 atom stereocenters. The van der Waals surface area contributed by atoms with E-state index in [1.807, 2.05) is 0 Å². The summed E-state index contributed by atoms with van der Waals surface area (Å²) in [7, 11) is 0. The molecular weight excluding hydrogens is 244 g/mol. The molecule has 2 aromatic rings. The Morgan fingerprint density at radius 2 is 1.40 bits per heavy atom. The van der Waals surface area contributed by atoms with E-state index in [1.165, 1.54) is 30.4 Å². The number of pyridine rings is 2. The standard InChI is InChI=1S/C18H26N2/c1-4-7-18(5-2)20-14-10-17(11-15-20)16-8-12-19(6-3)13-9-16/h8-15,18H,4-7H2,1-3H3/q+2. The Balaban J connectivity index is 2.18. The molecule has 0 aliphatic heterocycles. The van der Waals surface area contributed by atoms with Crippen LogP contribution in [0.1, 0.15) is 46.1 Å². The van der Waals surface area contributed by atoms with Crippen molar-refractivity contribution in [2.24, 2.45) is 0 Å². The minimum absolute atomic E-state index is 0.632. The van der Waals surface area contributed by atoms with Crippen LogP contribution in [0.2, 0.25) is 0 Å². The van der Waals surface area contributed by atoms with Gasteiger partial charge in [-0.25, -0.2) is 9.13 Å². The van der Waals surface area contributed by atoms with Gasteiger partial charge in [0, 0.05) is 37.1 Å². The van der Waals surface area contributed by atoms with Crippen molar-refractivity contribution in [3.63, 3.8) is 0 Å². The molecular formula is C18H26N2+2. The molecule has 2 heteroatoms. The van der Waals surface area contributed by atoms with E-state index < -0.39 is 0 Å². The van der Waals surface area contributed by atoms with Crippen molar-refractivity contribution in [3.8, 4) is 11.1 Å². The van der Waals surface area contributed by atoms with E-state index in [0.29, 0.717) is 6.04 Å². The average molecular weight is 270 g/mol. The molecule has 0 radical (unpaired) electrons. The lowest BCUT2D eigenvalue weighted by molar-refractivity contribution is -0.724. The zero-order valence-electron chi connectivity index (χ0n) is 12.9. The van der Waals surface area contributed by atoms with Crippen LogP contribution in [-0.4, -0.2) is 0 Å². The van der Waals surface area contributed by atoms with Crippen molar-refractivity contribution < 1.29 is 9.13 Å². The fourth-order valence-corrected chi connectivity index (χ4v) is 2.63. The van der Waals surface area contributed by atoms with Crippen LogP contribution in [0.25, 0.3) is 11.1 Å². The monoisotopic (exact) mass is 270 g/mol. The van der Waals surface area contributed by atoms with E-state index >= 15 is 0 Å². The van der Waals surface area contributed by atoms with Gasteiger partial charge in [-0.2, -0.15) is 0 Å². The van der Waals surface area contributed by atoms with Crippen LogP contribution >= 0.6 is 0 Å². The topological polar surface area (TPSA) is 7.76 Å². The Labute approximate surface area is 122 Å². The van der Waals surface area contributed by atoms with Crippen LogP contribution in [0, 0.1) is 0 Å². The smallest absolute Gasteiger partial charge is 0.169 e. The Morgan fingerprint density at radius 3 is 1.85 bits per heavy atom. The molecule has 0 N–H and O–H groups in total. The molecule has 1 unspecified atom stereocenters. The molecule has 0 aromatic carbocycles. The van der Waals surface area contributed by atoms with Crippen LogP contribution < -0.4 is 9.13 Å². The number of hydrogen-bond acceptors (Lipinski definition) is 0. The van der Waals surface area contributed by atoms with Gasteiger partial charge in [-0.1, -0.05) is 13.8 Å². The molecule has 2 rings (SSSR count). The summed E-state index contributed by atoms with van der Waals surface area (Å²) in [6.45, 7) is 7.69. The van der Waals surface area contributed by atoms with E-state index in [1.54, 1.807) is 0 Å². The summed E-state index contributed by atoms with van der Waals surface area (Å²) in [5, 5.41) is 0. The maximum Gasteiger partial charge on any atom is 0.169 e. The lowest BCUT2D eigenvalue weighted by Gasteiger charge is -2.09. The Kier molecular flexibility index (Phi) is 5.28. The van der Waals surface area contributed by atoms with Crippen molar-refractivity contribution in [2.45, 2.75) is 52.6 Å². The summed E-state index contributed by atoms with van der Waals surface area (Å²) in [4.78, 5) is 0. The van der Waals surface area contributed by atoms with Gasteiger partial charge in [0.1, 0.15) is 6.54 Å². The highest BCUT2D eigenvalue weighted by Gasteiger charge is 2.14. The molecule has 106 valence electrons. The van der Waals surface area contributed by atoms with Gasteiger partial charge >= 0.3 is 0 Å². The number of aromatic nitrogens is 2. The predicted octanol–water partition coefficient (Wildman–Crippen LogP) is 3.70. The summed E-state index contributed by atoms with van der Waals surface area (Å²) < 4.78 is 4.53. The van der Waals surface area contributed by atoms with E-state index in [0.717, 1.165) is 6.54 Å². The van der Waals surface area contributed by atoms with Gasteiger partial charge in [0.25, 0.3) is 0 Å². The van der Waals surface area contributed by atoms with E-state index in [-0.39, 0.29) is 0 Å². The number of rotatable bonds is 6. The lowest BCUT2D eigenvalue weighted by Crippen LogP contribution is -2.38. The summed E-state index contributed by atoms with van der Waals surface area (Å²) in [6, 6.07) is 9.46. The van der Waals surface area contributed by atoms with Gasteiger partial charge in [0.2, 0.25) is 0 Å². The molecule has 0 spiro atoms. The molecule has 0 fully saturated rings. The Morgan fingerprint density at radius 1 is 0.850 bits per heavy atom. The zero-order valence-corrected chi connectivity index (χ0v) is 12.9. The Bertz CT molecular complexity index is 514. The normalized spacial score (nSPS) is 12.3. The second-order valence-electron chi connectivity index (χ2n) is 5.30. The van der Waals surface area contributed by atoms with Crippen LogP contribution in [0.4, 0.5) is 0 Å². The highest BCUT2D eigenvalue weighted by molar-refractivity contribution is 5.60. The van der Waals surface area contributed by atoms with Crippen LogP contribution in [0.5, 0.6) is 0 Å². The average Bonchev–Trinajstić information content (AvgIpc) is 2.53. The summed E-state index contributed by atoms with van der Waals surface area (Å²) in [5.41, 5.74) is 2.57. The van der Waals surface area contributed by atoms with E-state index in [4.69, 9.17) is 0 Å². The quantitative estimate of drug-likeness (QED) is 0.707. The molecule has 2 nitrogen and oxygen atoms in total. The van der Waals surface area contributed by atoms with Crippen molar-refractivity contribution >= 4 is 0 Å². The summed E-state index contributed by atoms with van der Waals surface area (Å²) in [5.74, 6) is 0. The summed E-state index contributed by atoms with van der Waals surface area (Å²) >= 11 is 0.